The van der Waals surface area contributed by atoms with Crippen molar-refractivity contribution in [2.75, 3.05) is 23.7 Å². The molecular weight excluding hydrogens is 531 g/mol. The normalized spacial score (nSPS) is 13.1. The predicted octanol–water partition coefficient (Wildman–Crippen LogP) is 4.50. The fourth-order valence-corrected chi connectivity index (χ4v) is 4.64. The molecule has 0 fully saturated rings. The minimum atomic E-state index is -4.76. The van der Waals surface area contributed by atoms with Crippen LogP contribution in [-0.4, -0.2) is 56.1 Å². The van der Waals surface area contributed by atoms with Crippen molar-refractivity contribution in [2.45, 2.75) is 51.9 Å². The van der Waals surface area contributed by atoms with Gasteiger partial charge >= 0.3 is 6.18 Å². The van der Waals surface area contributed by atoms with Crippen LogP contribution in [0.25, 0.3) is 0 Å². The van der Waals surface area contributed by atoms with Gasteiger partial charge in [-0.2, -0.15) is 13.2 Å². The van der Waals surface area contributed by atoms with E-state index in [2.05, 4.69) is 5.32 Å². The Balaban J connectivity index is 2.44. The molecule has 0 aromatic heterocycles. The van der Waals surface area contributed by atoms with Gasteiger partial charge < -0.3 is 10.2 Å². The van der Waals surface area contributed by atoms with Crippen molar-refractivity contribution < 1.29 is 31.2 Å². The Kier molecular flexibility index (Phi) is 9.64. The van der Waals surface area contributed by atoms with Gasteiger partial charge in [0.15, 0.2) is 0 Å². The molecule has 2 aromatic carbocycles. The molecule has 2 aromatic rings. The highest BCUT2D eigenvalue weighted by atomic mass is 35.5. The van der Waals surface area contributed by atoms with Gasteiger partial charge in [-0.25, -0.2) is 8.42 Å². The maximum absolute atomic E-state index is 13.5. The summed E-state index contributed by atoms with van der Waals surface area (Å²) in [6.45, 7) is 6.04. The lowest BCUT2D eigenvalue weighted by Gasteiger charge is -2.33. The van der Waals surface area contributed by atoms with Crippen molar-refractivity contribution in [3.63, 3.8) is 0 Å². The average Bonchev–Trinajstić information content (AvgIpc) is 2.76. The topological polar surface area (TPSA) is 86.8 Å². The first kappa shape index (κ1) is 30.4. The van der Waals surface area contributed by atoms with E-state index in [1.54, 1.807) is 20.8 Å². The molecule has 0 aliphatic heterocycles. The fraction of sp³-hybridized carbons (Fsp3) is 0.440. The highest BCUT2D eigenvalue weighted by Crippen LogP contribution is 2.36. The molecule has 0 spiro atoms. The number of hydrogen-bond donors (Lipinski definition) is 1. The van der Waals surface area contributed by atoms with E-state index < -0.39 is 57.4 Å². The molecule has 204 valence electrons. The summed E-state index contributed by atoms with van der Waals surface area (Å²) < 4.78 is 65.7. The third kappa shape index (κ3) is 8.92. The quantitative estimate of drug-likeness (QED) is 0.488. The van der Waals surface area contributed by atoms with E-state index in [4.69, 9.17) is 11.6 Å². The van der Waals surface area contributed by atoms with E-state index in [9.17, 15) is 31.2 Å². The Morgan fingerprint density at radius 2 is 1.65 bits per heavy atom. The van der Waals surface area contributed by atoms with E-state index in [1.807, 2.05) is 30.3 Å². The van der Waals surface area contributed by atoms with E-state index >= 15 is 0 Å². The van der Waals surface area contributed by atoms with Gasteiger partial charge in [-0.15, -0.1) is 0 Å². The number of benzene rings is 2. The number of nitrogens with zero attached hydrogens (tertiary/aromatic N) is 2. The maximum Gasteiger partial charge on any atom is 0.416 e. The Bertz CT molecular complexity index is 1220. The first-order valence-corrected chi connectivity index (χ1v) is 13.6. The van der Waals surface area contributed by atoms with Gasteiger partial charge in [0.05, 0.1) is 22.5 Å². The van der Waals surface area contributed by atoms with Gasteiger partial charge in [0, 0.05) is 12.1 Å². The van der Waals surface area contributed by atoms with Gasteiger partial charge in [0.1, 0.15) is 12.6 Å². The monoisotopic (exact) mass is 561 g/mol. The van der Waals surface area contributed by atoms with Crippen molar-refractivity contribution in [3.05, 3.63) is 64.7 Å². The Hall–Kier alpha value is -2.79. The van der Waals surface area contributed by atoms with Crippen molar-refractivity contribution in [3.8, 4) is 0 Å². The highest BCUT2D eigenvalue weighted by Gasteiger charge is 2.35. The lowest BCUT2D eigenvalue weighted by Crippen LogP contribution is -2.55. The largest absolute Gasteiger partial charge is 0.416 e. The summed E-state index contributed by atoms with van der Waals surface area (Å²) in [5, 5.41) is 2.51. The van der Waals surface area contributed by atoms with Gasteiger partial charge in [0.2, 0.25) is 21.8 Å². The summed E-state index contributed by atoms with van der Waals surface area (Å²) in [6.07, 6.45) is -3.63. The SMILES string of the molecule is CC(C(=O)NC(C)(C)C)N(CCc1ccccc1)C(=O)CN(c1cc(C(F)(F)F)ccc1Cl)S(C)(=O)=O. The van der Waals surface area contributed by atoms with Gasteiger partial charge in [-0.1, -0.05) is 41.9 Å². The van der Waals surface area contributed by atoms with Crippen molar-refractivity contribution in [2.24, 2.45) is 0 Å². The number of hydrogen-bond acceptors (Lipinski definition) is 4. The van der Waals surface area contributed by atoms with Crippen molar-refractivity contribution in [1.29, 1.82) is 0 Å². The first-order valence-electron chi connectivity index (χ1n) is 11.4. The fourth-order valence-electron chi connectivity index (χ4n) is 3.52. The van der Waals surface area contributed by atoms with Crippen LogP contribution in [0.2, 0.25) is 5.02 Å². The summed E-state index contributed by atoms with van der Waals surface area (Å²) in [4.78, 5) is 27.6. The summed E-state index contributed by atoms with van der Waals surface area (Å²) in [6, 6.07) is 10.4. The van der Waals surface area contributed by atoms with Crippen LogP contribution in [0.4, 0.5) is 18.9 Å². The van der Waals surface area contributed by atoms with Crippen LogP contribution < -0.4 is 9.62 Å². The van der Waals surface area contributed by atoms with E-state index in [0.717, 1.165) is 24.0 Å². The third-order valence-corrected chi connectivity index (χ3v) is 6.82. The van der Waals surface area contributed by atoms with Crippen molar-refractivity contribution in [1.82, 2.24) is 10.2 Å². The molecule has 1 N–H and O–H groups in total. The molecule has 0 bridgehead atoms. The van der Waals surface area contributed by atoms with Crippen LogP contribution in [0.3, 0.4) is 0 Å². The zero-order valence-electron chi connectivity index (χ0n) is 21.3. The molecule has 0 saturated heterocycles. The minimum Gasteiger partial charge on any atom is -0.350 e. The van der Waals surface area contributed by atoms with Crippen LogP contribution in [0, 0.1) is 0 Å². The number of rotatable bonds is 9. The molecule has 0 saturated carbocycles. The number of carbonyl (C=O) groups excluding carboxylic acids is 2. The molecule has 2 amide bonds. The second-order valence-electron chi connectivity index (χ2n) is 9.67. The van der Waals surface area contributed by atoms with Gasteiger partial charge in [0.25, 0.3) is 0 Å². The second-order valence-corrected chi connectivity index (χ2v) is 12.0. The number of amides is 2. The zero-order valence-corrected chi connectivity index (χ0v) is 22.8. The minimum absolute atomic E-state index is 0.0650. The first-order chi connectivity index (χ1) is 16.9. The molecule has 1 unspecified atom stereocenters. The Morgan fingerprint density at radius 1 is 1.05 bits per heavy atom. The standard InChI is InChI=1S/C25H31ClF3N3O4S/c1-17(23(34)30-24(2,3)4)31(14-13-18-9-7-6-8-10-18)22(33)16-32(37(5,35)36)21-15-19(25(27,28)29)11-12-20(21)26/h6-12,15,17H,13-14,16H2,1-5H3,(H,30,34). The number of alkyl halides is 3. The van der Waals surface area contributed by atoms with E-state index in [0.29, 0.717) is 16.8 Å². The van der Waals surface area contributed by atoms with E-state index in [-0.39, 0.29) is 11.6 Å². The lowest BCUT2D eigenvalue weighted by atomic mass is 10.1. The molecule has 0 aliphatic rings. The average molecular weight is 562 g/mol. The van der Waals surface area contributed by atoms with Crippen LogP contribution in [0.5, 0.6) is 0 Å². The summed E-state index contributed by atoms with van der Waals surface area (Å²) in [7, 11) is -4.24. The molecule has 12 heteroatoms. The number of anilines is 1. The number of carbonyl (C=O) groups is 2. The van der Waals surface area contributed by atoms with E-state index in [1.165, 1.54) is 11.8 Å². The van der Waals surface area contributed by atoms with Crippen LogP contribution in [0.15, 0.2) is 48.5 Å². The van der Waals surface area contributed by atoms with Crippen LogP contribution in [-0.2, 0) is 32.2 Å². The molecule has 37 heavy (non-hydrogen) atoms. The van der Waals surface area contributed by atoms with Gasteiger partial charge in [-0.3, -0.25) is 13.9 Å². The number of sulfonamides is 1. The Morgan fingerprint density at radius 3 is 2.16 bits per heavy atom. The summed E-state index contributed by atoms with van der Waals surface area (Å²) in [5.74, 6) is -1.23. The molecular formula is C25H31ClF3N3O4S. The number of nitrogens with one attached hydrogen (secondary N) is 1. The maximum atomic E-state index is 13.5. The molecule has 2 rings (SSSR count). The highest BCUT2D eigenvalue weighted by molar-refractivity contribution is 7.92. The number of halogens is 4. The zero-order chi connectivity index (χ0) is 28.2. The lowest BCUT2D eigenvalue weighted by molar-refractivity contribution is -0.139. The second kappa shape index (κ2) is 11.7. The third-order valence-electron chi connectivity index (χ3n) is 5.37. The Labute approximate surface area is 220 Å². The predicted molar refractivity (Wildman–Crippen MR) is 138 cm³/mol. The molecule has 1 atom stereocenters. The van der Waals surface area contributed by atoms with Crippen molar-refractivity contribution >= 4 is 39.1 Å². The van der Waals surface area contributed by atoms with Crippen LogP contribution in [0.1, 0.15) is 38.8 Å². The molecule has 0 radical (unpaired) electrons. The smallest absolute Gasteiger partial charge is 0.350 e. The van der Waals surface area contributed by atoms with Gasteiger partial charge in [-0.05, 0) is 57.9 Å². The summed E-state index contributed by atoms with van der Waals surface area (Å²) >= 11 is 6.07. The van der Waals surface area contributed by atoms with Crippen LogP contribution >= 0.6 is 11.6 Å². The summed E-state index contributed by atoms with van der Waals surface area (Å²) in [5.41, 5.74) is -1.32. The molecule has 0 aliphatic carbocycles. The molecule has 7 nitrogen and oxygen atoms in total. The molecule has 0 heterocycles.